The SMILES string of the molecule is C=CC(CCl)c1ccc(C(C)(C)C)s1. The van der Waals surface area contributed by atoms with Crippen LogP contribution in [0.2, 0.25) is 0 Å². The van der Waals surface area contributed by atoms with Crippen LogP contribution in [0.5, 0.6) is 0 Å². The summed E-state index contributed by atoms with van der Waals surface area (Å²) in [5.74, 6) is 0.922. The Hall–Kier alpha value is -0.270. The highest BCUT2D eigenvalue weighted by Gasteiger charge is 2.18. The van der Waals surface area contributed by atoms with Crippen LogP contribution < -0.4 is 0 Å². The molecule has 78 valence electrons. The Morgan fingerprint density at radius 2 is 2.14 bits per heavy atom. The van der Waals surface area contributed by atoms with E-state index in [-0.39, 0.29) is 5.41 Å². The molecule has 0 aliphatic heterocycles. The van der Waals surface area contributed by atoms with Crippen molar-refractivity contribution in [3.63, 3.8) is 0 Å². The fourth-order valence-corrected chi connectivity index (χ4v) is 2.76. The maximum absolute atomic E-state index is 5.86. The van der Waals surface area contributed by atoms with Gasteiger partial charge in [-0.2, -0.15) is 0 Å². The number of rotatable bonds is 3. The molecular formula is C12H17ClS. The smallest absolute Gasteiger partial charge is 0.0334 e. The minimum absolute atomic E-state index is 0.237. The van der Waals surface area contributed by atoms with Gasteiger partial charge < -0.3 is 0 Å². The lowest BCUT2D eigenvalue weighted by Gasteiger charge is -2.15. The quantitative estimate of drug-likeness (QED) is 0.526. The van der Waals surface area contributed by atoms with E-state index in [9.17, 15) is 0 Å². The standard InChI is InChI=1S/C12H17ClS/c1-5-9(8-13)10-6-7-11(14-10)12(2,3)4/h5-7,9H,1,8H2,2-4H3. The van der Waals surface area contributed by atoms with Crippen LogP contribution in [0.4, 0.5) is 0 Å². The molecule has 2 heteroatoms. The molecule has 0 amide bonds. The van der Waals surface area contributed by atoms with E-state index in [1.807, 2.05) is 17.4 Å². The van der Waals surface area contributed by atoms with E-state index in [1.165, 1.54) is 9.75 Å². The molecule has 0 saturated carbocycles. The molecule has 0 fully saturated rings. The molecular weight excluding hydrogens is 212 g/mol. The van der Waals surface area contributed by atoms with Gasteiger partial charge in [-0.15, -0.1) is 29.5 Å². The van der Waals surface area contributed by atoms with E-state index in [2.05, 4.69) is 39.5 Å². The van der Waals surface area contributed by atoms with E-state index in [4.69, 9.17) is 11.6 Å². The summed E-state index contributed by atoms with van der Waals surface area (Å²) in [6.07, 6.45) is 1.92. The van der Waals surface area contributed by atoms with Crippen molar-refractivity contribution in [2.45, 2.75) is 32.1 Å². The van der Waals surface area contributed by atoms with Crippen LogP contribution in [-0.2, 0) is 5.41 Å². The number of allylic oxidation sites excluding steroid dienone is 1. The minimum atomic E-state index is 0.237. The minimum Gasteiger partial charge on any atom is -0.144 e. The van der Waals surface area contributed by atoms with Crippen molar-refractivity contribution in [3.05, 3.63) is 34.5 Å². The highest BCUT2D eigenvalue weighted by Crippen LogP contribution is 2.33. The molecule has 1 atom stereocenters. The zero-order chi connectivity index (χ0) is 10.8. The number of halogens is 1. The van der Waals surface area contributed by atoms with Crippen LogP contribution in [0.25, 0.3) is 0 Å². The first-order valence-corrected chi connectivity index (χ1v) is 6.13. The second-order valence-corrected chi connectivity index (χ2v) is 5.87. The van der Waals surface area contributed by atoms with Crippen molar-refractivity contribution >= 4 is 22.9 Å². The van der Waals surface area contributed by atoms with Gasteiger partial charge in [0, 0.05) is 21.6 Å². The lowest BCUT2D eigenvalue weighted by atomic mass is 9.95. The van der Waals surface area contributed by atoms with Crippen molar-refractivity contribution in [2.75, 3.05) is 5.88 Å². The molecule has 1 aromatic heterocycles. The second kappa shape index (κ2) is 4.50. The topological polar surface area (TPSA) is 0 Å². The summed E-state index contributed by atoms with van der Waals surface area (Å²) in [5, 5.41) is 0. The van der Waals surface area contributed by atoms with Crippen molar-refractivity contribution in [3.8, 4) is 0 Å². The largest absolute Gasteiger partial charge is 0.144 e. The van der Waals surface area contributed by atoms with Crippen molar-refractivity contribution in [2.24, 2.45) is 0 Å². The summed E-state index contributed by atoms with van der Waals surface area (Å²) in [7, 11) is 0. The molecule has 0 nitrogen and oxygen atoms in total. The van der Waals surface area contributed by atoms with Crippen LogP contribution in [0.15, 0.2) is 24.8 Å². The Bertz CT molecular complexity index is 306. The van der Waals surface area contributed by atoms with Crippen molar-refractivity contribution in [1.82, 2.24) is 0 Å². The maximum Gasteiger partial charge on any atom is 0.0334 e. The van der Waals surface area contributed by atoms with Crippen molar-refractivity contribution in [1.29, 1.82) is 0 Å². The van der Waals surface area contributed by atoms with E-state index < -0.39 is 0 Å². The average Bonchev–Trinajstić information content (AvgIpc) is 2.54. The summed E-state index contributed by atoms with van der Waals surface area (Å²) >= 11 is 7.70. The summed E-state index contributed by atoms with van der Waals surface area (Å²) in [6.45, 7) is 10.5. The zero-order valence-corrected chi connectivity index (χ0v) is 10.6. The van der Waals surface area contributed by atoms with Gasteiger partial charge in [-0.1, -0.05) is 26.8 Å². The molecule has 1 heterocycles. The Morgan fingerprint density at radius 1 is 1.50 bits per heavy atom. The molecule has 0 aliphatic rings. The summed E-state index contributed by atoms with van der Waals surface area (Å²) in [6, 6.07) is 4.36. The molecule has 0 saturated heterocycles. The molecule has 1 unspecified atom stereocenters. The lowest BCUT2D eigenvalue weighted by molar-refractivity contribution is 0.604. The summed E-state index contributed by atoms with van der Waals surface area (Å²) < 4.78 is 0. The molecule has 0 radical (unpaired) electrons. The first kappa shape index (κ1) is 11.8. The van der Waals surface area contributed by atoms with Gasteiger partial charge in [-0.05, 0) is 17.5 Å². The first-order valence-electron chi connectivity index (χ1n) is 4.77. The number of hydrogen-bond acceptors (Lipinski definition) is 1. The molecule has 0 aromatic carbocycles. The fourth-order valence-electron chi connectivity index (χ4n) is 1.21. The Balaban J connectivity index is 2.93. The first-order chi connectivity index (χ1) is 6.49. The van der Waals surface area contributed by atoms with Gasteiger partial charge in [0.05, 0.1) is 0 Å². The lowest BCUT2D eigenvalue weighted by Crippen LogP contribution is -2.07. The van der Waals surface area contributed by atoms with Gasteiger partial charge in [0.15, 0.2) is 0 Å². The zero-order valence-electron chi connectivity index (χ0n) is 9.01. The third-order valence-electron chi connectivity index (χ3n) is 2.18. The van der Waals surface area contributed by atoms with E-state index in [0.29, 0.717) is 11.8 Å². The third kappa shape index (κ3) is 2.61. The molecule has 0 N–H and O–H groups in total. The van der Waals surface area contributed by atoms with Gasteiger partial charge >= 0.3 is 0 Å². The highest BCUT2D eigenvalue weighted by molar-refractivity contribution is 7.12. The van der Waals surface area contributed by atoms with Gasteiger partial charge in [-0.3, -0.25) is 0 Å². The normalized spacial score (nSPS) is 14.0. The van der Waals surface area contributed by atoms with Crippen LogP contribution in [0.1, 0.15) is 36.4 Å². The molecule has 1 rings (SSSR count). The summed E-state index contributed by atoms with van der Waals surface area (Å²) in [4.78, 5) is 2.73. The van der Waals surface area contributed by atoms with Gasteiger partial charge in [-0.25, -0.2) is 0 Å². The third-order valence-corrected chi connectivity index (χ3v) is 4.16. The monoisotopic (exact) mass is 228 g/mol. The van der Waals surface area contributed by atoms with Crippen LogP contribution in [0, 0.1) is 0 Å². The van der Waals surface area contributed by atoms with E-state index in [1.54, 1.807) is 0 Å². The Labute approximate surface area is 95.6 Å². The van der Waals surface area contributed by atoms with E-state index >= 15 is 0 Å². The predicted molar refractivity (Wildman–Crippen MR) is 66.7 cm³/mol. The molecule has 0 spiro atoms. The van der Waals surface area contributed by atoms with Crippen LogP contribution in [0.3, 0.4) is 0 Å². The van der Waals surface area contributed by atoms with Gasteiger partial charge in [0.25, 0.3) is 0 Å². The number of alkyl halides is 1. The number of thiophene rings is 1. The maximum atomic E-state index is 5.86. The molecule has 0 aliphatic carbocycles. The van der Waals surface area contributed by atoms with Crippen LogP contribution in [-0.4, -0.2) is 5.88 Å². The number of hydrogen-bond donors (Lipinski definition) is 0. The fraction of sp³-hybridized carbons (Fsp3) is 0.500. The van der Waals surface area contributed by atoms with Crippen molar-refractivity contribution < 1.29 is 0 Å². The van der Waals surface area contributed by atoms with Gasteiger partial charge in [0.2, 0.25) is 0 Å². The van der Waals surface area contributed by atoms with Crippen LogP contribution >= 0.6 is 22.9 Å². The molecule has 0 bridgehead atoms. The summed E-state index contributed by atoms with van der Waals surface area (Å²) in [5.41, 5.74) is 0.237. The Morgan fingerprint density at radius 3 is 2.50 bits per heavy atom. The predicted octanol–water partition coefficient (Wildman–Crippen LogP) is 4.55. The highest BCUT2D eigenvalue weighted by atomic mass is 35.5. The Kier molecular flexibility index (Phi) is 3.79. The molecule has 14 heavy (non-hydrogen) atoms. The molecule has 1 aromatic rings. The average molecular weight is 229 g/mol. The van der Waals surface area contributed by atoms with E-state index in [0.717, 1.165) is 0 Å². The second-order valence-electron chi connectivity index (χ2n) is 4.45. The van der Waals surface area contributed by atoms with Gasteiger partial charge in [0.1, 0.15) is 0 Å².